The molecule has 7 nitrogen and oxygen atoms in total. The van der Waals surface area contributed by atoms with Gasteiger partial charge < -0.3 is 25.1 Å². The molecular weight excluding hydrogens is 412 g/mol. The normalized spacial score (nSPS) is 25.8. The molecule has 3 aliphatic rings. The third-order valence-electron chi connectivity index (χ3n) is 8.16. The van der Waals surface area contributed by atoms with Crippen molar-refractivity contribution in [3.05, 3.63) is 48.0 Å². The molecule has 7 rings (SSSR count). The van der Waals surface area contributed by atoms with Crippen molar-refractivity contribution in [2.24, 2.45) is 18.7 Å². The number of aromatic nitrogens is 3. The molecule has 2 fully saturated rings. The molecule has 4 atom stereocenters. The zero-order valence-corrected chi connectivity index (χ0v) is 19.0. The number of nitrogens with two attached hydrogens (primary N) is 1. The molecule has 0 radical (unpaired) electrons. The summed E-state index contributed by atoms with van der Waals surface area (Å²) in [5, 5.41) is 4.76. The van der Waals surface area contributed by atoms with Crippen molar-refractivity contribution in [3.8, 4) is 11.5 Å². The van der Waals surface area contributed by atoms with Gasteiger partial charge in [0, 0.05) is 49.2 Å². The summed E-state index contributed by atoms with van der Waals surface area (Å²) in [6.07, 6.45) is 2.16. The van der Waals surface area contributed by atoms with Crippen LogP contribution in [0.2, 0.25) is 0 Å². The molecule has 7 heteroatoms. The van der Waals surface area contributed by atoms with E-state index in [1.165, 1.54) is 16.6 Å². The Morgan fingerprint density at radius 2 is 2.06 bits per heavy atom. The summed E-state index contributed by atoms with van der Waals surface area (Å²) in [6, 6.07) is 15.2. The van der Waals surface area contributed by atoms with Crippen LogP contribution in [0, 0.1) is 5.92 Å². The van der Waals surface area contributed by atoms with Crippen LogP contribution >= 0.6 is 0 Å². The molecule has 1 saturated heterocycles. The third-order valence-corrected chi connectivity index (χ3v) is 8.16. The lowest BCUT2D eigenvalue weighted by molar-refractivity contribution is 0.0701. The number of carbonyl (C=O) groups is 1. The SMILES string of the molecule is CC1CNc2cccc3cc(-c4nc5cc(C(=O)N6C[C@H]7CC[C@@H]6[C@@H]7N)ccc5n4C)n1c23. The van der Waals surface area contributed by atoms with Crippen molar-refractivity contribution in [1.82, 2.24) is 19.0 Å². The Bertz CT molecular complexity index is 1450. The number of hydrogen-bond acceptors (Lipinski definition) is 4. The van der Waals surface area contributed by atoms with Gasteiger partial charge in [-0.3, -0.25) is 4.79 Å². The van der Waals surface area contributed by atoms with Crippen LogP contribution in [-0.2, 0) is 7.05 Å². The number of para-hydroxylation sites is 1. The molecule has 4 aromatic rings. The molecule has 4 heterocycles. The van der Waals surface area contributed by atoms with E-state index < -0.39 is 0 Å². The molecule has 2 bridgehead atoms. The number of aryl methyl sites for hydroxylation is 1. The van der Waals surface area contributed by atoms with Crippen LogP contribution in [0.25, 0.3) is 33.5 Å². The molecule has 168 valence electrons. The lowest BCUT2D eigenvalue weighted by Gasteiger charge is -2.27. The maximum absolute atomic E-state index is 13.3. The van der Waals surface area contributed by atoms with Gasteiger partial charge in [0.05, 0.1) is 27.9 Å². The van der Waals surface area contributed by atoms with Gasteiger partial charge in [0.25, 0.3) is 5.91 Å². The largest absolute Gasteiger partial charge is 0.381 e. The number of anilines is 1. The molecule has 1 aliphatic carbocycles. The highest BCUT2D eigenvalue weighted by atomic mass is 16.2. The van der Waals surface area contributed by atoms with E-state index in [2.05, 4.69) is 52.7 Å². The Hall–Kier alpha value is -3.32. The summed E-state index contributed by atoms with van der Waals surface area (Å²) < 4.78 is 4.54. The van der Waals surface area contributed by atoms with E-state index in [0.29, 0.717) is 17.5 Å². The minimum absolute atomic E-state index is 0.0830. The molecule has 1 amide bonds. The number of carbonyl (C=O) groups excluding carboxylic acids is 1. The highest BCUT2D eigenvalue weighted by Crippen LogP contribution is 2.39. The van der Waals surface area contributed by atoms with Crippen molar-refractivity contribution in [3.63, 3.8) is 0 Å². The number of piperidine rings is 1. The second-order valence-corrected chi connectivity index (χ2v) is 10.0. The Balaban J connectivity index is 1.33. The second-order valence-electron chi connectivity index (χ2n) is 10.0. The lowest BCUT2D eigenvalue weighted by atomic mass is 10.1. The number of hydrogen-bond donors (Lipinski definition) is 2. The van der Waals surface area contributed by atoms with Gasteiger partial charge in [0.15, 0.2) is 5.82 Å². The maximum atomic E-state index is 13.3. The predicted octanol–water partition coefficient (Wildman–Crippen LogP) is 3.74. The molecular formula is C26H28N6O. The van der Waals surface area contributed by atoms with E-state index in [1.54, 1.807) is 0 Å². The van der Waals surface area contributed by atoms with Crippen molar-refractivity contribution >= 4 is 33.5 Å². The fourth-order valence-electron chi connectivity index (χ4n) is 6.42. The number of benzene rings is 2. The summed E-state index contributed by atoms with van der Waals surface area (Å²) in [5.41, 5.74) is 12.4. The van der Waals surface area contributed by atoms with Crippen molar-refractivity contribution in [2.45, 2.75) is 37.9 Å². The van der Waals surface area contributed by atoms with Crippen LogP contribution in [-0.4, -0.2) is 50.1 Å². The number of likely N-dealkylation sites (tertiary alicyclic amines) is 1. The first-order valence-electron chi connectivity index (χ1n) is 11.9. The number of fused-ring (bicyclic) bond motifs is 3. The van der Waals surface area contributed by atoms with Crippen LogP contribution in [0.15, 0.2) is 42.5 Å². The van der Waals surface area contributed by atoms with E-state index in [9.17, 15) is 4.79 Å². The van der Waals surface area contributed by atoms with Gasteiger partial charge in [-0.1, -0.05) is 12.1 Å². The molecule has 3 N–H and O–H groups in total. The highest BCUT2D eigenvalue weighted by molar-refractivity contribution is 5.99. The summed E-state index contributed by atoms with van der Waals surface area (Å²) in [6.45, 7) is 3.90. The fraction of sp³-hybridized carbons (Fsp3) is 0.385. The number of nitrogens with zero attached hydrogens (tertiary/aromatic N) is 4. The molecule has 2 aromatic heterocycles. The number of amides is 1. The van der Waals surface area contributed by atoms with E-state index >= 15 is 0 Å². The van der Waals surface area contributed by atoms with Gasteiger partial charge in [0.2, 0.25) is 0 Å². The Morgan fingerprint density at radius 3 is 2.85 bits per heavy atom. The first-order valence-corrected chi connectivity index (χ1v) is 11.9. The predicted molar refractivity (Wildman–Crippen MR) is 130 cm³/mol. The van der Waals surface area contributed by atoms with E-state index in [0.717, 1.165) is 48.5 Å². The van der Waals surface area contributed by atoms with E-state index in [4.69, 9.17) is 10.7 Å². The summed E-state index contributed by atoms with van der Waals surface area (Å²) in [7, 11) is 2.06. The maximum Gasteiger partial charge on any atom is 0.254 e. The standard InChI is InChI=1S/C26H28N6O/c1-14-12-28-18-5-3-4-15-11-22(32(14)24(15)18)25-29-19-10-16(6-8-20(19)30(25)2)26(33)31-13-17-7-9-21(31)23(17)27/h3-6,8,10-11,14,17,21,23,28H,7,9,12-13,27H2,1-2H3/t14?,17-,21-,23-/m1/s1. The second kappa shape index (κ2) is 6.60. The Morgan fingerprint density at radius 1 is 1.18 bits per heavy atom. The third kappa shape index (κ3) is 2.54. The quantitative estimate of drug-likeness (QED) is 0.498. The minimum Gasteiger partial charge on any atom is -0.381 e. The summed E-state index contributed by atoms with van der Waals surface area (Å²) in [5.74, 6) is 1.46. The monoisotopic (exact) mass is 440 g/mol. The van der Waals surface area contributed by atoms with Gasteiger partial charge in [-0.05, 0) is 56.0 Å². The zero-order valence-electron chi connectivity index (χ0n) is 19.0. The Kier molecular flexibility index (Phi) is 3.84. The van der Waals surface area contributed by atoms with Crippen LogP contribution in [0.3, 0.4) is 0 Å². The van der Waals surface area contributed by atoms with Gasteiger partial charge in [-0.15, -0.1) is 0 Å². The number of rotatable bonds is 2. The minimum atomic E-state index is 0.0830. The van der Waals surface area contributed by atoms with Gasteiger partial charge in [-0.25, -0.2) is 4.98 Å². The molecule has 2 aliphatic heterocycles. The molecule has 1 unspecified atom stereocenters. The van der Waals surface area contributed by atoms with Gasteiger partial charge in [-0.2, -0.15) is 0 Å². The number of nitrogens with one attached hydrogen (secondary N) is 1. The highest BCUT2D eigenvalue weighted by Gasteiger charge is 2.46. The average molecular weight is 441 g/mol. The van der Waals surface area contributed by atoms with Gasteiger partial charge in [0.1, 0.15) is 0 Å². The summed E-state index contributed by atoms with van der Waals surface area (Å²) >= 11 is 0. The molecule has 1 saturated carbocycles. The topological polar surface area (TPSA) is 81.1 Å². The van der Waals surface area contributed by atoms with Crippen molar-refractivity contribution < 1.29 is 4.79 Å². The van der Waals surface area contributed by atoms with E-state index in [1.807, 2.05) is 23.1 Å². The number of imidazole rings is 1. The van der Waals surface area contributed by atoms with Crippen LogP contribution in [0.4, 0.5) is 5.69 Å². The van der Waals surface area contributed by atoms with Crippen LogP contribution in [0.1, 0.15) is 36.2 Å². The molecule has 33 heavy (non-hydrogen) atoms. The van der Waals surface area contributed by atoms with Gasteiger partial charge >= 0.3 is 0 Å². The van der Waals surface area contributed by atoms with E-state index in [-0.39, 0.29) is 18.0 Å². The van der Waals surface area contributed by atoms with Crippen LogP contribution in [0.5, 0.6) is 0 Å². The molecule has 2 aromatic carbocycles. The summed E-state index contributed by atoms with van der Waals surface area (Å²) in [4.78, 5) is 20.3. The fourth-order valence-corrected chi connectivity index (χ4v) is 6.42. The van der Waals surface area contributed by atoms with Crippen molar-refractivity contribution in [1.29, 1.82) is 0 Å². The first kappa shape index (κ1) is 19.2. The Labute approximate surface area is 192 Å². The average Bonchev–Trinajstić information content (AvgIpc) is 3.57. The zero-order chi connectivity index (χ0) is 22.4. The molecule has 0 spiro atoms. The first-order chi connectivity index (χ1) is 16.0. The smallest absolute Gasteiger partial charge is 0.254 e. The van der Waals surface area contributed by atoms with Crippen molar-refractivity contribution in [2.75, 3.05) is 18.4 Å². The van der Waals surface area contributed by atoms with Crippen LogP contribution < -0.4 is 11.1 Å². The lowest BCUT2D eigenvalue weighted by Crippen LogP contribution is -2.41.